The largest absolute Gasteiger partial charge is 0.316 e. The third-order valence-electron chi connectivity index (χ3n) is 4.57. The lowest BCUT2D eigenvalue weighted by molar-refractivity contribution is 0.343. The van der Waals surface area contributed by atoms with Gasteiger partial charge in [0, 0.05) is 17.8 Å². The van der Waals surface area contributed by atoms with Crippen LogP contribution in [0.4, 0.5) is 0 Å². The van der Waals surface area contributed by atoms with Gasteiger partial charge in [-0.1, -0.05) is 37.1 Å². The summed E-state index contributed by atoms with van der Waals surface area (Å²) in [6, 6.07) is 8.82. The highest BCUT2D eigenvalue weighted by Crippen LogP contribution is 2.34. The highest BCUT2D eigenvalue weighted by molar-refractivity contribution is 6.20. The van der Waals surface area contributed by atoms with Crippen LogP contribution in [0, 0.1) is 5.92 Å². The molecule has 2 aliphatic carbocycles. The molecule has 0 aliphatic heterocycles. The minimum Gasteiger partial charge on any atom is -0.316 e. The first-order valence-electron chi connectivity index (χ1n) is 7.27. The zero-order valence-corrected chi connectivity index (χ0v) is 11.6. The van der Waals surface area contributed by atoms with E-state index in [-0.39, 0.29) is 0 Å². The molecule has 0 heterocycles. The van der Waals surface area contributed by atoms with Crippen LogP contribution in [-0.2, 0) is 6.42 Å². The van der Waals surface area contributed by atoms with Crippen molar-refractivity contribution in [2.75, 3.05) is 13.1 Å². The molecule has 98 valence electrons. The molecule has 3 atom stereocenters. The number of halogens is 1. The fourth-order valence-electron chi connectivity index (χ4n) is 3.38. The number of rotatable bonds is 4. The van der Waals surface area contributed by atoms with Crippen molar-refractivity contribution in [3.63, 3.8) is 0 Å². The van der Waals surface area contributed by atoms with Crippen LogP contribution in [0.15, 0.2) is 24.3 Å². The third-order valence-corrected chi connectivity index (χ3v) is 5.15. The van der Waals surface area contributed by atoms with Crippen LogP contribution in [0.25, 0.3) is 0 Å². The Hall–Kier alpha value is -0.530. The maximum atomic E-state index is 6.39. The van der Waals surface area contributed by atoms with Gasteiger partial charge in [0.05, 0.1) is 0 Å². The average Bonchev–Trinajstić information content (AvgIpc) is 2.37. The van der Waals surface area contributed by atoms with Crippen molar-refractivity contribution in [2.24, 2.45) is 5.92 Å². The lowest BCUT2D eigenvalue weighted by Gasteiger charge is -2.32. The number of alkyl halides is 1. The molecule has 3 rings (SSSR count). The lowest BCUT2D eigenvalue weighted by atomic mass is 9.77. The van der Waals surface area contributed by atoms with Gasteiger partial charge in [-0.15, -0.1) is 11.6 Å². The van der Waals surface area contributed by atoms with Gasteiger partial charge in [-0.2, -0.15) is 0 Å². The molecule has 0 saturated heterocycles. The number of nitrogens with one attached hydrogen (secondary N) is 1. The molecule has 0 spiro atoms. The smallest absolute Gasteiger partial charge is 0.0376 e. The molecule has 0 radical (unpaired) electrons. The van der Waals surface area contributed by atoms with Gasteiger partial charge in [-0.05, 0) is 42.9 Å². The summed E-state index contributed by atoms with van der Waals surface area (Å²) in [6.07, 6.45) is 6.45. The monoisotopic (exact) mass is 263 g/mol. The standard InChI is InChI=1S/C16H22ClN/c17-16-8-4-2-6-13(16)10-18-11-14-9-12-5-1-3-7-15(12)14/h1,3,5,7,13-14,16,18H,2,4,6,8-11H2. The summed E-state index contributed by atoms with van der Waals surface area (Å²) in [5.74, 6) is 1.43. The predicted octanol–water partition coefficient (Wildman–Crippen LogP) is 3.71. The zero-order chi connectivity index (χ0) is 12.4. The second kappa shape index (κ2) is 5.63. The van der Waals surface area contributed by atoms with Gasteiger partial charge in [0.1, 0.15) is 0 Å². The molecular formula is C16H22ClN. The average molecular weight is 264 g/mol. The number of hydrogen-bond donors (Lipinski definition) is 1. The summed E-state index contributed by atoms with van der Waals surface area (Å²) in [5.41, 5.74) is 3.09. The third kappa shape index (κ3) is 2.57. The van der Waals surface area contributed by atoms with Crippen molar-refractivity contribution in [3.8, 4) is 0 Å². The van der Waals surface area contributed by atoms with Crippen LogP contribution < -0.4 is 5.32 Å². The van der Waals surface area contributed by atoms with E-state index in [1.807, 2.05) is 0 Å². The summed E-state index contributed by atoms with van der Waals surface area (Å²) in [7, 11) is 0. The van der Waals surface area contributed by atoms with Gasteiger partial charge >= 0.3 is 0 Å². The molecule has 1 fully saturated rings. The Kier molecular flexibility index (Phi) is 3.91. The second-order valence-electron chi connectivity index (χ2n) is 5.82. The number of benzene rings is 1. The Labute approximate surface area is 115 Å². The first-order valence-corrected chi connectivity index (χ1v) is 7.71. The topological polar surface area (TPSA) is 12.0 Å². The molecule has 0 bridgehead atoms. The minimum absolute atomic E-state index is 0.403. The van der Waals surface area contributed by atoms with Crippen molar-refractivity contribution in [3.05, 3.63) is 35.4 Å². The first kappa shape index (κ1) is 12.5. The Morgan fingerprint density at radius 3 is 2.78 bits per heavy atom. The van der Waals surface area contributed by atoms with Gasteiger partial charge in [-0.25, -0.2) is 0 Å². The van der Waals surface area contributed by atoms with Crippen molar-refractivity contribution in [1.82, 2.24) is 5.32 Å². The van der Waals surface area contributed by atoms with E-state index in [9.17, 15) is 0 Å². The fourth-order valence-corrected chi connectivity index (χ4v) is 3.75. The van der Waals surface area contributed by atoms with Crippen molar-refractivity contribution in [1.29, 1.82) is 0 Å². The number of hydrogen-bond acceptors (Lipinski definition) is 1. The normalized spacial score (nSPS) is 30.6. The maximum absolute atomic E-state index is 6.39. The highest BCUT2D eigenvalue weighted by Gasteiger charge is 2.26. The van der Waals surface area contributed by atoms with Gasteiger partial charge in [0.25, 0.3) is 0 Å². The quantitative estimate of drug-likeness (QED) is 0.817. The molecule has 1 nitrogen and oxygen atoms in total. The number of fused-ring (bicyclic) bond motifs is 1. The zero-order valence-electron chi connectivity index (χ0n) is 10.9. The molecule has 18 heavy (non-hydrogen) atoms. The van der Waals surface area contributed by atoms with Crippen molar-refractivity contribution >= 4 is 11.6 Å². The van der Waals surface area contributed by atoms with E-state index in [0.717, 1.165) is 19.0 Å². The van der Waals surface area contributed by atoms with E-state index >= 15 is 0 Å². The molecule has 3 unspecified atom stereocenters. The maximum Gasteiger partial charge on any atom is 0.0376 e. The second-order valence-corrected chi connectivity index (χ2v) is 6.38. The highest BCUT2D eigenvalue weighted by atomic mass is 35.5. The molecule has 2 heteroatoms. The molecule has 1 aromatic rings. The van der Waals surface area contributed by atoms with Crippen LogP contribution in [-0.4, -0.2) is 18.5 Å². The van der Waals surface area contributed by atoms with Crippen LogP contribution in [0.1, 0.15) is 42.7 Å². The molecule has 1 saturated carbocycles. The van der Waals surface area contributed by atoms with Crippen molar-refractivity contribution < 1.29 is 0 Å². The fraction of sp³-hybridized carbons (Fsp3) is 0.625. The Bertz CT molecular complexity index is 404. The Morgan fingerprint density at radius 1 is 1.11 bits per heavy atom. The van der Waals surface area contributed by atoms with E-state index in [1.54, 1.807) is 5.56 Å². The van der Waals surface area contributed by atoms with Crippen LogP contribution in [0.5, 0.6) is 0 Å². The summed E-state index contributed by atoms with van der Waals surface area (Å²) >= 11 is 6.39. The first-order chi connectivity index (χ1) is 8.84. The molecule has 1 aromatic carbocycles. The van der Waals surface area contributed by atoms with Gasteiger partial charge in [-0.3, -0.25) is 0 Å². The summed E-state index contributed by atoms with van der Waals surface area (Å²) in [5, 5.41) is 4.05. The summed E-state index contributed by atoms with van der Waals surface area (Å²) in [4.78, 5) is 0. The predicted molar refractivity (Wildman–Crippen MR) is 77.4 cm³/mol. The molecule has 2 aliphatic rings. The van der Waals surface area contributed by atoms with Crippen molar-refractivity contribution in [2.45, 2.75) is 43.4 Å². The van der Waals surface area contributed by atoms with Crippen LogP contribution in [0.3, 0.4) is 0 Å². The lowest BCUT2D eigenvalue weighted by Crippen LogP contribution is -2.35. The van der Waals surface area contributed by atoms with Crippen LogP contribution in [0.2, 0.25) is 0 Å². The van der Waals surface area contributed by atoms with E-state index in [2.05, 4.69) is 29.6 Å². The van der Waals surface area contributed by atoms with Gasteiger partial charge in [0.2, 0.25) is 0 Å². The summed E-state index contributed by atoms with van der Waals surface area (Å²) in [6.45, 7) is 2.23. The SMILES string of the molecule is ClC1CCCCC1CNCC1Cc2ccccc21. The molecule has 1 N–H and O–H groups in total. The van der Waals surface area contributed by atoms with E-state index in [4.69, 9.17) is 11.6 Å². The van der Waals surface area contributed by atoms with E-state index in [0.29, 0.717) is 11.3 Å². The minimum atomic E-state index is 0.403. The van der Waals surface area contributed by atoms with E-state index < -0.39 is 0 Å². The van der Waals surface area contributed by atoms with Crippen LogP contribution >= 0.6 is 11.6 Å². The molecular weight excluding hydrogens is 242 g/mol. The Balaban J connectivity index is 1.43. The van der Waals surface area contributed by atoms with E-state index in [1.165, 1.54) is 37.7 Å². The molecule has 0 amide bonds. The summed E-state index contributed by atoms with van der Waals surface area (Å²) < 4.78 is 0. The molecule has 0 aromatic heterocycles. The van der Waals surface area contributed by atoms with Gasteiger partial charge < -0.3 is 5.32 Å². The van der Waals surface area contributed by atoms with Gasteiger partial charge in [0.15, 0.2) is 0 Å². The Morgan fingerprint density at radius 2 is 1.94 bits per heavy atom.